The highest BCUT2D eigenvalue weighted by atomic mass is 14.1. The molecule has 0 heteroatoms. The summed E-state index contributed by atoms with van der Waals surface area (Å²) in [6.45, 7) is 6.54. The first-order valence-electron chi connectivity index (χ1n) is 5.20. The zero-order valence-electron chi connectivity index (χ0n) is 9.30. The number of rotatable bonds is 3. The summed E-state index contributed by atoms with van der Waals surface area (Å²) >= 11 is 0. The molecular weight excluding hydrogens is 168 g/mol. The van der Waals surface area contributed by atoms with E-state index in [2.05, 4.69) is 44.9 Å². The molecule has 0 nitrogen and oxygen atoms in total. The number of hydrogen-bond donors (Lipinski definition) is 0. The number of aryl methyl sites for hydroxylation is 1. The Bertz CT molecular complexity index is 342. The minimum absolute atomic E-state index is 0.528. The number of benzene rings is 1. The van der Waals surface area contributed by atoms with Crippen molar-refractivity contribution in [1.82, 2.24) is 0 Å². The highest BCUT2D eigenvalue weighted by molar-refractivity contribution is 5.36. The molecule has 1 aromatic rings. The van der Waals surface area contributed by atoms with Gasteiger partial charge in [0.05, 0.1) is 0 Å². The normalized spacial score (nSPS) is 12.1. The SMILES string of the molecule is C#CCC(CC)c1cccc(C)c1C. The second-order valence-corrected chi connectivity index (χ2v) is 3.80. The van der Waals surface area contributed by atoms with Crippen LogP contribution >= 0.6 is 0 Å². The molecule has 0 radical (unpaired) electrons. The van der Waals surface area contributed by atoms with E-state index >= 15 is 0 Å². The Morgan fingerprint density at radius 1 is 1.36 bits per heavy atom. The van der Waals surface area contributed by atoms with E-state index in [4.69, 9.17) is 6.42 Å². The van der Waals surface area contributed by atoms with Crippen LogP contribution in [-0.2, 0) is 0 Å². The van der Waals surface area contributed by atoms with Gasteiger partial charge in [-0.15, -0.1) is 12.3 Å². The Morgan fingerprint density at radius 2 is 2.07 bits per heavy atom. The van der Waals surface area contributed by atoms with Gasteiger partial charge in [-0.25, -0.2) is 0 Å². The van der Waals surface area contributed by atoms with Gasteiger partial charge in [0.2, 0.25) is 0 Å². The fraction of sp³-hybridized carbons (Fsp3) is 0.429. The van der Waals surface area contributed by atoms with Crippen molar-refractivity contribution in [3.8, 4) is 12.3 Å². The van der Waals surface area contributed by atoms with E-state index < -0.39 is 0 Å². The minimum Gasteiger partial charge on any atom is -0.120 e. The van der Waals surface area contributed by atoms with Crippen LogP contribution < -0.4 is 0 Å². The molecule has 0 amide bonds. The van der Waals surface area contributed by atoms with E-state index in [1.165, 1.54) is 16.7 Å². The maximum atomic E-state index is 5.38. The molecule has 0 aliphatic carbocycles. The molecule has 0 N–H and O–H groups in total. The van der Waals surface area contributed by atoms with Crippen LogP contribution in [0, 0.1) is 26.2 Å². The molecule has 0 spiro atoms. The lowest BCUT2D eigenvalue weighted by molar-refractivity contribution is 0.679. The van der Waals surface area contributed by atoms with Gasteiger partial charge in [0.15, 0.2) is 0 Å². The van der Waals surface area contributed by atoms with E-state index in [9.17, 15) is 0 Å². The van der Waals surface area contributed by atoms with Crippen molar-refractivity contribution >= 4 is 0 Å². The van der Waals surface area contributed by atoms with Crippen LogP contribution in [0.3, 0.4) is 0 Å². The molecule has 1 unspecified atom stereocenters. The summed E-state index contributed by atoms with van der Waals surface area (Å²) in [5.41, 5.74) is 4.18. The highest BCUT2D eigenvalue weighted by Crippen LogP contribution is 2.27. The maximum absolute atomic E-state index is 5.38. The molecule has 0 saturated carbocycles. The fourth-order valence-electron chi connectivity index (χ4n) is 1.83. The van der Waals surface area contributed by atoms with Crippen LogP contribution in [0.2, 0.25) is 0 Å². The van der Waals surface area contributed by atoms with Crippen LogP contribution in [0.15, 0.2) is 18.2 Å². The molecule has 1 atom stereocenters. The van der Waals surface area contributed by atoms with Gasteiger partial charge in [0.1, 0.15) is 0 Å². The topological polar surface area (TPSA) is 0 Å². The van der Waals surface area contributed by atoms with Gasteiger partial charge in [-0.2, -0.15) is 0 Å². The second-order valence-electron chi connectivity index (χ2n) is 3.80. The van der Waals surface area contributed by atoms with Crippen molar-refractivity contribution in [2.75, 3.05) is 0 Å². The smallest absolute Gasteiger partial charge is 0.0155 e. The van der Waals surface area contributed by atoms with E-state index in [-0.39, 0.29) is 0 Å². The Labute approximate surface area is 87.4 Å². The van der Waals surface area contributed by atoms with Crippen LogP contribution in [-0.4, -0.2) is 0 Å². The van der Waals surface area contributed by atoms with Crippen LogP contribution in [0.4, 0.5) is 0 Å². The molecule has 0 heterocycles. The maximum Gasteiger partial charge on any atom is 0.0155 e. The largest absolute Gasteiger partial charge is 0.120 e. The van der Waals surface area contributed by atoms with Crippen molar-refractivity contribution in [3.05, 3.63) is 34.9 Å². The lowest BCUT2D eigenvalue weighted by Gasteiger charge is -2.16. The third-order valence-corrected chi connectivity index (χ3v) is 2.94. The molecule has 0 aromatic heterocycles. The third-order valence-electron chi connectivity index (χ3n) is 2.94. The average Bonchev–Trinajstić information content (AvgIpc) is 2.19. The van der Waals surface area contributed by atoms with E-state index in [1.807, 2.05) is 0 Å². The van der Waals surface area contributed by atoms with Gasteiger partial charge in [-0.05, 0) is 42.9 Å². The van der Waals surface area contributed by atoms with Crippen molar-refractivity contribution in [3.63, 3.8) is 0 Å². The summed E-state index contributed by atoms with van der Waals surface area (Å²) in [4.78, 5) is 0. The van der Waals surface area contributed by atoms with E-state index in [0.717, 1.165) is 12.8 Å². The fourth-order valence-corrected chi connectivity index (χ4v) is 1.83. The molecule has 74 valence electrons. The summed E-state index contributed by atoms with van der Waals surface area (Å²) < 4.78 is 0. The van der Waals surface area contributed by atoms with Crippen molar-refractivity contribution in [2.24, 2.45) is 0 Å². The molecule has 0 fully saturated rings. The van der Waals surface area contributed by atoms with Gasteiger partial charge in [0.25, 0.3) is 0 Å². The van der Waals surface area contributed by atoms with Crippen LogP contribution in [0.5, 0.6) is 0 Å². The minimum atomic E-state index is 0.528. The van der Waals surface area contributed by atoms with Crippen molar-refractivity contribution < 1.29 is 0 Å². The standard InChI is InChI=1S/C14H18/c1-5-8-13(6-2)14-10-7-9-11(3)12(14)4/h1,7,9-10,13H,6,8H2,2-4H3. The van der Waals surface area contributed by atoms with Gasteiger partial charge in [0, 0.05) is 6.42 Å². The molecule has 0 bridgehead atoms. The highest BCUT2D eigenvalue weighted by Gasteiger charge is 2.10. The number of hydrogen-bond acceptors (Lipinski definition) is 0. The molecule has 1 rings (SSSR count). The lowest BCUT2D eigenvalue weighted by Crippen LogP contribution is -2.00. The summed E-state index contributed by atoms with van der Waals surface area (Å²) in [6.07, 6.45) is 7.35. The Kier molecular flexibility index (Phi) is 3.77. The van der Waals surface area contributed by atoms with Gasteiger partial charge < -0.3 is 0 Å². The van der Waals surface area contributed by atoms with E-state index in [0.29, 0.717) is 5.92 Å². The number of terminal acetylenes is 1. The van der Waals surface area contributed by atoms with Crippen molar-refractivity contribution in [1.29, 1.82) is 0 Å². The Balaban J connectivity index is 3.05. The molecule has 0 aliphatic rings. The van der Waals surface area contributed by atoms with Gasteiger partial charge in [-0.3, -0.25) is 0 Å². The molecule has 0 saturated heterocycles. The summed E-state index contributed by atoms with van der Waals surface area (Å²) in [5.74, 6) is 3.29. The zero-order chi connectivity index (χ0) is 10.6. The average molecular weight is 186 g/mol. The monoisotopic (exact) mass is 186 g/mol. The molecule has 0 aliphatic heterocycles. The van der Waals surface area contributed by atoms with Crippen LogP contribution in [0.25, 0.3) is 0 Å². The predicted molar refractivity (Wildman–Crippen MR) is 62.4 cm³/mol. The third kappa shape index (κ3) is 2.17. The second kappa shape index (κ2) is 4.86. The first-order chi connectivity index (χ1) is 6.70. The van der Waals surface area contributed by atoms with Gasteiger partial charge in [-0.1, -0.05) is 25.1 Å². The zero-order valence-corrected chi connectivity index (χ0v) is 9.30. The first-order valence-corrected chi connectivity index (χ1v) is 5.20. The summed E-state index contributed by atoms with van der Waals surface area (Å²) in [5, 5.41) is 0. The first kappa shape index (κ1) is 10.9. The summed E-state index contributed by atoms with van der Waals surface area (Å²) in [7, 11) is 0. The molecule has 1 aromatic carbocycles. The molecular formula is C14H18. The van der Waals surface area contributed by atoms with E-state index in [1.54, 1.807) is 0 Å². The predicted octanol–water partition coefficient (Wildman–Crippen LogP) is 3.82. The summed E-state index contributed by atoms with van der Waals surface area (Å²) in [6, 6.07) is 6.48. The van der Waals surface area contributed by atoms with Gasteiger partial charge >= 0.3 is 0 Å². The lowest BCUT2D eigenvalue weighted by atomic mass is 9.88. The Hall–Kier alpha value is -1.22. The van der Waals surface area contributed by atoms with Crippen LogP contribution in [0.1, 0.15) is 42.4 Å². The van der Waals surface area contributed by atoms with Crippen molar-refractivity contribution in [2.45, 2.75) is 39.5 Å². The quantitative estimate of drug-likeness (QED) is 0.629. The Morgan fingerprint density at radius 3 is 2.64 bits per heavy atom. The molecule has 14 heavy (non-hydrogen) atoms.